The predicted octanol–water partition coefficient (Wildman–Crippen LogP) is -0.0752. The molecule has 1 atom stereocenters. The summed E-state index contributed by atoms with van der Waals surface area (Å²) in [5, 5.41) is 12.3. The van der Waals surface area contributed by atoms with Gasteiger partial charge in [0.2, 0.25) is 5.91 Å². The fourth-order valence-electron chi connectivity index (χ4n) is 3.27. The number of carbonyl (C=O) groups is 1. The van der Waals surface area contributed by atoms with Crippen molar-refractivity contribution in [2.24, 2.45) is 0 Å². The summed E-state index contributed by atoms with van der Waals surface area (Å²) in [5.41, 5.74) is -0.273. The summed E-state index contributed by atoms with van der Waals surface area (Å²) in [6.07, 6.45) is 4.14. The lowest BCUT2D eigenvalue weighted by molar-refractivity contribution is -0.121. The number of hydrogen-bond acceptors (Lipinski definition) is 5. The number of hydrogen-bond donors (Lipinski definition) is 3. The number of nitrogens with zero attached hydrogens (tertiary/aromatic N) is 2. The highest BCUT2D eigenvalue weighted by atomic mass is 16.2. The molecule has 114 valence electrons. The van der Waals surface area contributed by atoms with Crippen molar-refractivity contribution in [3.8, 4) is 0 Å². The number of amides is 1. The fourth-order valence-corrected chi connectivity index (χ4v) is 3.27. The molecule has 7 heteroatoms. The molecule has 21 heavy (non-hydrogen) atoms. The van der Waals surface area contributed by atoms with E-state index < -0.39 is 0 Å². The molecule has 0 spiro atoms. The van der Waals surface area contributed by atoms with Gasteiger partial charge in [0.15, 0.2) is 5.82 Å². The third kappa shape index (κ3) is 3.30. The number of likely N-dealkylation sites (tertiary alicyclic amines) is 1. The second kappa shape index (κ2) is 6.36. The first-order valence-electron chi connectivity index (χ1n) is 7.57. The first kappa shape index (κ1) is 14.2. The van der Waals surface area contributed by atoms with Crippen LogP contribution >= 0.6 is 0 Å². The highest BCUT2D eigenvalue weighted by molar-refractivity contribution is 5.94. The van der Waals surface area contributed by atoms with Crippen LogP contribution in [0.5, 0.6) is 0 Å². The zero-order valence-corrected chi connectivity index (χ0v) is 12.0. The maximum atomic E-state index is 12.5. The van der Waals surface area contributed by atoms with Crippen LogP contribution in [0.15, 0.2) is 16.9 Å². The number of carbonyl (C=O) groups excluding carboxylic acids is 1. The molecule has 1 aromatic rings. The summed E-state index contributed by atoms with van der Waals surface area (Å²) < 4.78 is 0. The molecule has 0 saturated carbocycles. The number of nitrogens with one attached hydrogen (secondary N) is 3. The Morgan fingerprint density at radius 3 is 2.81 bits per heavy atom. The maximum Gasteiger partial charge on any atom is 0.264 e. The maximum absolute atomic E-state index is 12.5. The Morgan fingerprint density at radius 2 is 2.10 bits per heavy atom. The number of aromatic nitrogens is 2. The summed E-state index contributed by atoms with van der Waals surface area (Å²) >= 11 is 0. The molecule has 2 saturated heterocycles. The monoisotopic (exact) mass is 291 g/mol. The fraction of sp³-hybridized carbons (Fsp3) is 0.643. The SMILES string of the molecule is O=C(Nc1ccc(=O)[nH]n1)C1CCCN1C1CCNCC1. The van der Waals surface area contributed by atoms with Crippen LogP contribution < -0.4 is 16.2 Å². The van der Waals surface area contributed by atoms with Crippen molar-refractivity contribution in [2.75, 3.05) is 25.0 Å². The largest absolute Gasteiger partial charge is 0.317 e. The number of rotatable bonds is 3. The quantitative estimate of drug-likeness (QED) is 0.725. The molecule has 2 aliphatic heterocycles. The Hall–Kier alpha value is -1.73. The van der Waals surface area contributed by atoms with E-state index in [9.17, 15) is 9.59 Å². The smallest absolute Gasteiger partial charge is 0.264 e. The molecule has 0 aliphatic carbocycles. The molecule has 0 radical (unpaired) electrons. The Kier molecular flexibility index (Phi) is 4.31. The number of piperidine rings is 1. The molecule has 1 aromatic heterocycles. The topological polar surface area (TPSA) is 90.1 Å². The Bertz CT molecular complexity index is 532. The van der Waals surface area contributed by atoms with Crippen molar-refractivity contribution in [3.63, 3.8) is 0 Å². The average molecular weight is 291 g/mol. The van der Waals surface area contributed by atoms with Crippen LogP contribution in [0.25, 0.3) is 0 Å². The molecular weight excluding hydrogens is 270 g/mol. The van der Waals surface area contributed by atoms with Crippen molar-refractivity contribution in [3.05, 3.63) is 22.5 Å². The van der Waals surface area contributed by atoms with E-state index in [4.69, 9.17) is 0 Å². The van der Waals surface area contributed by atoms with Crippen LogP contribution in [0.1, 0.15) is 25.7 Å². The Labute approximate surface area is 123 Å². The van der Waals surface area contributed by atoms with Crippen LogP contribution in [-0.4, -0.2) is 52.7 Å². The van der Waals surface area contributed by atoms with E-state index >= 15 is 0 Å². The molecule has 7 nitrogen and oxygen atoms in total. The molecule has 3 N–H and O–H groups in total. The third-order valence-corrected chi connectivity index (χ3v) is 4.30. The minimum atomic E-state index is -0.273. The van der Waals surface area contributed by atoms with E-state index in [0.717, 1.165) is 45.3 Å². The van der Waals surface area contributed by atoms with Gasteiger partial charge in [0.25, 0.3) is 5.56 Å². The van der Waals surface area contributed by atoms with Crippen molar-refractivity contribution >= 4 is 11.7 Å². The molecule has 1 amide bonds. The molecule has 0 aromatic carbocycles. The van der Waals surface area contributed by atoms with E-state index in [2.05, 4.69) is 25.7 Å². The number of aromatic amines is 1. The minimum absolute atomic E-state index is 0.0226. The zero-order chi connectivity index (χ0) is 14.7. The van der Waals surface area contributed by atoms with E-state index in [1.165, 1.54) is 12.1 Å². The zero-order valence-electron chi connectivity index (χ0n) is 12.0. The van der Waals surface area contributed by atoms with Gasteiger partial charge in [0.1, 0.15) is 0 Å². The van der Waals surface area contributed by atoms with Gasteiger partial charge < -0.3 is 10.6 Å². The first-order valence-corrected chi connectivity index (χ1v) is 7.57. The summed E-state index contributed by atoms with van der Waals surface area (Å²) in [5.74, 6) is 0.377. The lowest BCUT2D eigenvalue weighted by Gasteiger charge is -2.35. The van der Waals surface area contributed by atoms with E-state index in [1.54, 1.807) is 0 Å². The molecule has 0 bridgehead atoms. The molecule has 3 heterocycles. The van der Waals surface area contributed by atoms with Crippen LogP contribution in [0.3, 0.4) is 0 Å². The molecule has 3 rings (SSSR count). The predicted molar refractivity (Wildman–Crippen MR) is 79.1 cm³/mol. The Balaban J connectivity index is 1.65. The highest BCUT2D eigenvalue weighted by Crippen LogP contribution is 2.25. The lowest BCUT2D eigenvalue weighted by atomic mass is 10.0. The van der Waals surface area contributed by atoms with Crippen molar-refractivity contribution in [1.29, 1.82) is 0 Å². The van der Waals surface area contributed by atoms with Gasteiger partial charge in [-0.25, -0.2) is 5.10 Å². The minimum Gasteiger partial charge on any atom is -0.317 e. The van der Waals surface area contributed by atoms with Gasteiger partial charge in [-0.15, -0.1) is 0 Å². The molecule has 1 unspecified atom stereocenters. The van der Waals surface area contributed by atoms with Gasteiger partial charge in [0, 0.05) is 12.1 Å². The summed E-state index contributed by atoms with van der Waals surface area (Å²) in [4.78, 5) is 25.8. The number of H-pyrrole nitrogens is 1. The lowest BCUT2D eigenvalue weighted by Crippen LogP contribution is -2.49. The van der Waals surface area contributed by atoms with Crippen LogP contribution in [0.4, 0.5) is 5.82 Å². The van der Waals surface area contributed by atoms with Gasteiger partial charge in [-0.2, -0.15) is 5.10 Å². The third-order valence-electron chi connectivity index (χ3n) is 4.30. The van der Waals surface area contributed by atoms with Crippen LogP contribution in [0.2, 0.25) is 0 Å². The van der Waals surface area contributed by atoms with Gasteiger partial charge in [-0.1, -0.05) is 0 Å². The molecule has 2 aliphatic rings. The summed E-state index contributed by atoms with van der Waals surface area (Å²) in [7, 11) is 0. The number of anilines is 1. The summed E-state index contributed by atoms with van der Waals surface area (Å²) in [6.45, 7) is 3.04. The van der Waals surface area contributed by atoms with E-state index in [-0.39, 0.29) is 17.5 Å². The first-order chi connectivity index (χ1) is 10.2. The molecular formula is C14H21N5O2. The second-order valence-electron chi connectivity index (χ2n) is 5.67. The second-order valence-corrected chi connectivity index (χ2v) is 5.67. The van der Waals surface area contributed by atoms with Crippen molar-refractivity contribution in [1.82, 2.24) is 20.4 Å². The van der Waals surface area contributed by atoms with Gasteiger partial charge in [0.05, 0.1) is 6.04 Å². The van der Waals surface area contributed by atoms with Crippen LogP contribution in [-0.2, 0) is 4.79 Å². The summed E-state index contributed by atoms with van der Waals surface area (Å²) in [6, 6.07) is 3.30. The van der Waals surface area contributed by atoms with Gasteiger partial charge in [-0.05, 0) is 51.4 Å². The van der Waals surface area contributed by atoms with Gasteiger partial charge in [-0.3, -0.25) is 14.5 Å². The normalized spacial score (nSPS) is 24.1. The van der Waals surface area contributed by atoms with Crippen molar-refractivity contribution < 1.29 is 4.79 Å². The van der Waals surface area contributed by atoms with E-state index in [1.807, 2.05) is 0 Å². The molecule has 2 fully saturated rings. The Morgan fingerprint density at radius 1 is 1.29 bits per heavy atom. The van der Waals surface area contributed by atoms with E-state index in [0.29, 0.717) is 11.9 Å². The average Bonchev–Trinajstić information content (AvgIpc) is 3.00. The highest BCUT2D eigenvalue weighted by Gasteiger charge is 2.35. The standard InChI is InChI=1S/C14H21N5O2/c20-13-4-3-12(17-18-13)16-14(21)11-2-1-9-19(11)10-5-7-15-8-6-10/h3-4,10-11,15H,1-2,5-9H2,(H,18,20)(H,16,17,21). The van der Waals surface area contributed by atoms with Gasteiger partial charge >= 0.3 is 0 Å². The van der Waals surface area contributed by atoms with Crippen LogP contribution in [0, 0.1) is 0 Å². The van der Waals surface area contributed by atoms with Crippen molar-refractivity contribution in [2.45, 2.75) is 37.8 Å².